The van der Waals surface area contributed by atoms with Gasteiger partial charge in [-0.15, -0.1) is 0 Å². The summed E-state index contributed by atoms with van der Waals surface area (Å²) in [6.45, 7) is 4.46. The first-order valence-electron chi connectivity index (χ1n) is 5.07. The van der Waals surface area contributed by atoms with E-state index in [1.54, 1.807) is 4.90 Å². The van der Waals surface area contributed by atoms with Gasteiger partial charge < -0.3 is 16.0 Å². The number of amides is 2. The van der Waals surface area contributed by atoms with Gasteiger partial charge in [0, 0.05) is 6.54 Å². The summed E-state index contributed by atoms with van der Waals surface area (Å²) in [5.41, 5.74) is 5.58. The molecular formula is C9H16N4O. The zero-order chi connectivity index (χ0) is 10.2. The zero-order valence-corrected chi connectivity index (χ0v) is 8.42. The van der Waals surface area contributed by atoms with Crippen LogP contribution in [0.15, 0.2) is 4.99 Å². The van der Waals surface area contributed by atoms with Gasteiger partial charge in [-0.25, -0.2) is 4.79 Å². The number of aliphatic imine (C=N–C) groups is 1. The van der Waals surface area contributed by atoms with E-state index >= 15 is 0 Å². The number of carbonyl (C=O) groups is 1. The Morgan fingerprint density at radius 1 is 1.57 bits per heavy atom. The van der Waals surface area contributed by atoms with Crippen LogP contribution >= 0.6 is 0 Å². The smallest absolute Gasteiger partial charge is 0.346 e. The highest BCUT2D eigenvalue weighted by Crippen LogP contribution is 2.31. The fourth-order valence-electron chi connectivity index (χ4n) is 2.39. The van der Waals surface area contributed by atoms with Crippen LogP contribution in [0.1, 0.15) is 19.8 Å². The molecule has 3 N–H and O–H groups in total. The van der Waals surface area contributed by atoms with E-state index in [0.717, 1.165) is 25.9 Å². The molecule has 2 rings (SSSR count). The SMILES string of the molecule is CCN1C(=O)N=C(N)C12CCNCC2. The van der Waals surface area contributed by atoms with E-state index in [9.17, 15) is 4.79 Å². The number of nitrogens with zero attached hydrogens (tertiary/aromatic N) is 2. The highest BCUT2D eigenvalue weighted by molar-refractivity contribution is 6.05. The van der Waals surface area contributed by atoms with E-state index in [1.807, 2.05) is 6.92 Å². The molecule has 0 aromatic carbocycles. The Morgan fingerprint density at radius 2 is 2.21 bits per heavy atom. The molecule has 0 saturated carbocycles. The minimum absolute atomic E-state index is 0.174. The summed E-state index contributed by atoms with van der Waals surface area (Å²) in [6, 6.07) is -0.174. The second-order valence-electron chi connectivity index (χ2n) is 3.81. The molecule has 2 aliphatic heterocycles. The van der Waals surface area contributed by atoms with Crippen LogP contribution in [0, 0.1) is 0 Å². The van der Waals surface area contributed by atoms with Crippen molar-refractivity contribution >= 4 is 11.9 Å². The molecular weight excluding hydrogens is 180 g/mol. The van der Waals surface area contributed by atoms with Gasteiger partial charge in [-0.3, -0.25) is 0 Å². The number of hydrogen-bond donors (Lipinski definition) is 2. The molecule has 2 heterocycles. The molecule has 0 aromatic heterocycles. The molecule has 2 amide bonds. The zero-order valence-electron chi connectivity index (χ0n) is 8.42. The minimum atomic E-state index is -0.281. The Balaban J connectivity index is 2.30. The van der Waals surface area contributed by atoms with E-state index in [-0.39, 0.29) is 11.6 Å². The largest absolute Gasteiger partial charge is 0.385 e. The first-order chi connectivity index (χ1) is 6.70. The Labute approximate surface area is 83.4 Å². The Kier molecular flexibility index (Phi) is 2.19. The van der Waals surface area contributed by atoms with Crippen molar-refractivity contribution in [1.82, 2.24) is 10.2 Å². The summed E-state index contributed by atoms with van der Waals surface area (Å²) in [6.07, 6.45) is 1.75. The van der Waals surface area contributed by atoms with E-state index in [2.05, 4.69) is 10.3 Å². The topological polar surface area (TPSA) is 70.7 Å². The van der Waals surface area contributed by atoms with Crippen LogP contribution in [-0.4, -0.2) is 41.9 Å². The van der Waals surface area contributed by atoms with Crippen molar-refractivity contribution in [3.05, 3.63) is 0 Å². The molecule has 14 heavy (non-hydrogen) atoms. The molecule has 0 atom stereocenters. The van der Waals surface area contributed by atoms with Crippen molar-refractivity contribution in [3.8, 4) is 0 Å². The van der Waals surface area contributed by atoms with E-state index < -0.39 is 0 Å². The van der Waals surface area contributed by atoms with Crippen LogP contribution in [0.4, 0.5) is 4.79 Å². The molecule has 0 aliphatic carbocycles. The van der Waals surface area contributed by atoms with Crippen molar-refractivity contribution in [2.45, 2.75) is 25.3 Å². The van der Waals surface area contributed by atoms with Gasteiger partial charge in [-0.2, -0.15) is 4.99 Å². The summed E-state index contributed by atoms with van der Waals surface area (Å²) in [7, 11) is 0. The van der Waals surface area contributed by atoms with Gasteiger partial charge in [0.15, 0.2) is 0 Å². The van der Waals surface area contributed by atoms with Crippen LogP contribution < -0.4 is 11.1 Å². The molecule has 0 radical (unpaired) electrons. The van der Waals surface area contributed by atoms with Crippen molar-refractivity contribution in [1.29, 1.82) is 0 Å². The van der Waals surface area contributed by atoms with Gasteiger partial charge in [-0.1, -0.05) is 0 Å². The van der Waals surface area contributed by atoms with Crippen molar-refractivity contribution in [3.63, 3.8) is 0 Å². The maximum absolute atomic E-state index is 11.5. The average molecular weight is 196 g/mol. The van der Waals surface area contributed by atoms with Crippen LogP contribution in [0.3, 0.4) is 0 Å². The molecule has 0 aromatic rings. The molecule has 5 heteroatoms. The third-order valence-electron chi connectivity index (χ3n) is 3.19. The Hall–Kier alpha value is -1.10. The van der Waals surface area contributed by atoms with Gasteiger partial charge in [-0.05, 0) is 32.9 Å². The summed E-state index contributed by atoms with van der Waals surface area (Å²) in [4.78, 5) is 17.2. The van der Waals surface area contributed by atoms with E-state index in [4.69, 9.17) is 5.73 Å². The van der Waals surface area contributed by atoms with Crippen molar-refractivity contribution in [2.24, 2.45) is 10.7 Å². The number of hydrogen-bond acceptors (Lipinski definition) is 3. The molecule has 0 bridgehead atoms. The van der Waals surface area contributed by atoms with Gasteiger partial charge >= 0.3 is 6.03 Å². The first kappa shape index (κ1) is 9.45. The number of nitrogens with one attached hydrogen (secondary N) is 1. The molecule has 1 fully saturated rings. The molecule has 0 unspecified atom stereocenters. The molecule has 78 valence electrons. The molecule has 1 spiro atoms. The number of urea groups is 1. The Bertz CT molecular complexity index is 281. The lowest BCUT2D eigenvalue weighted by molar-refractivity contribution is 0.153. The highest BCUT2D eigenvalue weighted by atomic mass is 16.2. The summed E-state index contributed by atoms with van der Waals surface area (Å²) in [5, 5.41) is 3.27. The third kappa shape index (κ3) is 1.12. The Morgan fingerprint density at radius 3 is 2.79 bits per heavy atom. The number of amidine groups is 1. The predicted molar refractivity (Wildman–Crippen MR) is 54.2 cm³/mol. The number of rotatable bonds is 1. The van der Waals surface area contributed by atoms with E-state index in [0.29, 0.717) is 12.4 Å². The second-order valence-corrected chi connectivity index (χ2v) is 3.81. The number of piperidine rings is 1. The van der Waals surface area contributed by atoms with Crippen LogP contribution in [0.2, 0.25) is 0 Å². The molecule has 2 aliphatic rings. The summed E-state index contributed by atoms with van der Waals surface area (Å²) >= 11 is 0. The van der Waals surface area contributed by atoms with E-state index in [1.165, 1.54) is 0 Å². The average Bonchev–Trinajstić information content (AvgIpc) is 2.40. The number of nitrogens with two attached hydrogens (primary N) is 1. The highest BCUT2D eigenvalue weighted by Gasteiger charge is 2.47. The maximum atomic E-state index is 11.5. The lowest BCUT2D eigenvalue weighted by Gasteiger charge is -2.40. The second kappa shape index (κ2) is 3.24. The predicted octanol–water partition coefficient (Wildman–Crippen LogP) is -0.0787. The monoisotopic (exact) mass is 196 g/mol. The van der Waals surface area contributed by atoms with Crippen molar-refractivity contribution in [2.75, 3.05) is 19.6 Å². The van der Waals surface area contributed by atoms with Gasteiger partial charge in [0.25, 0.3) is 0 Å². The molecule has 5 nitrogen and oxygen atoms in total. The quantitative estimate of drug-likeness (QED) is 0.616. The van der Waals surface area contributed by atoms with Crippen LogP contribution in [0.25, 0.3) is 0 Å². The minimum Gasteiger partial charge on any atom is -0.385 e. The van der Waals surface area contributed by atoms with Gasteiger partial charge in [0.2, 0.25) is 0 Å². The van der Waals surface area contributed by atoms with Crippen molar-refractivity contribution < 1.29 is 4.79 Å². The standard InChI is InChI=1S/C9H16N4O/c1-2-13-8(14)12-7(10)9(13)3-5-11-6-4-9/h11H,2-6H2,1H3,(H2,10,12,14). The van der Waals surface area contributed by atoms with Crippen LogP contribution in [0.5, 0.6) is 0 Å². The normalized spacial score (nSPS) is 25.6. The summed E-state index contributed by atoms with van der Waals surface area (Å²) in [5.74, 6) is 0.505. The summed E-state index contributed by atoms with van der Waals surface area (Å²) < 4.78 is 0. The first-order valence-corrected chi connectivity index (χ1v) is 5.07. The molecule has 1 saturated heterocycles. The number of carbonyl (C=O) groups excluding carboxylic acids is 1. The van der Waals surface area contributed by atoms with Gasteiger partial charge in [0.05, 0.1) is 0 Å². The maximum Gasteiger partial charge on any atom is 0.346 e. The third-order valence-corrected chi connectivity index (χ3v) is 3.19. The lowest BCUT2D eigenvalue weighted by Crippen LogP contribution is -2.59. The van der Waals surface area contributed by atoms with Crippen LogP contribution in [-0.2, 0) is 0 Å². The fourth-order valence-corrected chi connectivity index (χ4v) is 2.39. The number of likely N-dealkylation sites (N-methyl/N-ethyl adjacent to an activating group) is 1. The lowest BCUT2D eigenvalue weighted by atomic mass is 9.86. The fraction of sp³-hybridized carbons (Fsp3) is 0.778. The van der Waals surface area contributed by atoms with Gasteiger partial charge in [0.1, 0.15) is 11.4 Å².